The fourth-order valence-electron chi connectivity index (χ4n) is 3.12. The largest absolute Gasteiger partial charge is 0.0561 e. The SMILES string of the molecule is CC(C)(C)c1cc(SSSc2cc(C(C)(C)C)cc(C(C)(C)C)c2)cc(C(C)(C)C)c1. The number of hydrogen-bond donors (Lipinski definition) is 0. The van der Waals surface area contributed by atoms with Crippen molar-refractivity contribution in [2.45, 2.75) is 115 Å². The Morgan fingerprint density at radius 1 is 0.387 bits per heavy atom. The summed E-state index contributed by atoms with van der Waals surface area (Å²) in [4.78, 5) is 2.69. The van der Waals surface area contributed by atoms with Gasteiger partial charge in [-0.15, -0.1) is 0 Å². The highest BCUT2D eigenvalue weighted by molar-refractivity contribution is 9.09. The summed E-state index contributed by atoms with van der Waals surface area (Å²) in [6.07, 6.45) is 0. The van der Waals surface area contributed by atoms with Crippen LogP contribution in [0.4, 0.5) is 0 Å². The van der Waals surface area contributed by atoms with Crippen molar-refractivity contribution in [3.8, 4) is 0 Å². The normalized spacial score (nSPS) is 13.5. The molecule has 0 radical (unpaired) electrons. The van der Waals surface area contributed by atoms with E-state index in [9.17, 15) is 0 Å². The lowest BCUT2D eigenvalue weighted by atomic mass is 9.81. The van der Waals surface area contributed by atoms with E-state index in [0.717, 1.165) is 0 Å². The molecule has 0 fully saturated rings. The molecule has 0 saturated carbocycles. The van der Waals surface area contributed by atoms with Gasteiger partial charge in [0.2, 0.25) is 0 Å². The molecule has 3 heteroatoms. The van der Waals surface area contributed by atoms with Crippen molar-refractivity contribution in [3.63, 3.8) is 0 Å². The molecule has 0 saturated heterocycles. The van der Waals surface area contributed by atoms with Crippen molar-refractivity contribution in [2.24, 2.45) is 0 Å². The van der Waals surface area contributed by atoms with E-state index in [0.29, 0.717) is 0 Å². The van der Waals surface area contributed by atoms with Crippen molar-refractivity contribution < 1.29 is 0 Å². The molecule has 172 valence electrons. The minimum absolute atomic E-state index is 0.150. The van der Waals surface area contributed by atoms with Crippen LogP contribution >= 0.6 is 31.4 Å². The zero-order valence-electron chi connectivity index (χ0n) is 21.7. The molecule has 31 heavy (non-hydrogen) atoms. The average Bonchev–Trinajstić information content (AvgIpc) is 2.58. The maximum atomic E-state index is 2.39. The van der Waals surface area contributed by atoms with E-state index < -0.39 is 0 Å². The second-order valence-electron chi connectivity index (χ2n) is 12.7. The quantitative estimate of drug-likeness (QED) is 0.404. The summed E-state index contributed by atoms with van der Waals surface area (Å²) in [5.74, 6) is 0. The smallest absolute Gasteiger partial charge is 0.0197 e. The van der Waals surface area contributed by atoms with Crippen LogP contribution in [-0.2, 0) is 21.7 Å². The highest BCUT2D eigenvalue weighted by Gasteiger charge is 2.22. The third-order valence-electron chi connectivity index (χ3n) is 5.54. The van der Waals surface area contributed by atoms with E-state index in [1.165, 1.54) is 32.0 Å². The Balaban J connectivity index is 2.29. The molecule has 0 atom stereocenters. The molecule has 0 unspecified atom stereocenters. The van der Waals surface area contributed by atoms with Crippen molar-refractivity contribution in [2.75, 3.05) is 0 Å². The van der Waals surface area contributed by atoms with Crippen LogP contribution < -0.4 is 0 Å². The second-order valence-corrected chi connectivity index (χ2v) is 16.8. The Morgan fingerprint density at radius 2 is 0.613 bits per heavy atom. The summed E-state index contributed by atoms with van der Waals surface area (Å²) in [6.45, 7) is 27.6. The second kappa shape index (κ2) is 9.39. The lowest BCUT2D eigenvalue weighted by molar-refractivity contribution is 0.565. The molecule has 0 bridgehead atoms. The van der Waals surface area contributed by atoms with E-state index in [-0.39, 0.29) is 21.7 Å². The topological polar surface area (TPSA) is 0 Å². The summed E-state index contributed by atoms with van der Waals surface area (Å²) < 4.78 is 0. The highest BCUT2D eigenvalue weighted by atomic mass is 33.5. The molecular weight excluding hydrogens is 433 g/mol. The van der Waals surface area contributed by atoms with Crippen molar-refractivity contribution in [1.82, 2.24) is 0 Å². The maximum absolute atomic E-state index is 2.39. The Kier molecular flexibility index (Phi) is 8.10. The predicted octanol–water partition coefficient (Wildman–Crippen LogP) is 10.3. The third-order valence-corrected chi connectivity index (χ3v) is 9.32. The number of benzene rings is 2. The lowest BCUT2D eigenvalue weighted by Gasteiger charge is -2.26. The van der Waals surface area contributed by atoms with Crippen molar-refractivity contribution in [3.05, 3.63) is 58.7 Å². The summed E-state index contributed by atoms with van der Waals surface area (Å²) >= 11 is 0. The molecule has 2 aromatic carbocycles. The van der Waals surface area contributed by atoms with Crippen LogP contribution in [0, 0.1) is 0 Å². The van der Waals surface area contributed by atoms with Crippen molar-refractivity contribution in [1.29, 1.82) is 0 Å². The molecule has 0 aliphatic carbocycles. The van der Waals surface area contributed by atoms with Gasteiger partial charge in [0.25, 0.3) is 0 Å². The molecule has 0 amide bonds. The highest BCUT2D eigenvalue weighted by Crippen LogP contribution is 2.47. The van der Waals surface area contributed by atoms with Crippen LogP contribution in [0.15, 0.2) is 46.2 Å². The summed E-state index contributed by atoms with van der Waals surface area (Å²) in [5.41, 5.74) is 6.26. The first-order valence-corrected chi connectivity index (χ1v) is 14.7. The average molecular weight is 475 g/mol. The van der Waals surface area contributed by atoms with Gasteiger partial charge >= 0.3 is 0 Å². The zero-order chi connectivity index (χ0) is 23.8. The van der Waals surface area contributed by atoms with Gasteiger partial charge in [-0.2, -0.15) is 0 Å². The Morgan fingerprint density at radius 3 is 0.806 bits per heavy atom. The van der Waals surface area contributed by atoms with Gasteiger partial charge in [0.05, 0.1) is 0 Å². The van der Waals surface area contributed by atoms with Crippen LogP contribution in [0.5, 0.6) is 0 Å². The van der Waals surface area contributed by atoms with Crippen LogP contribution in [0.2, 0.25) is 0 Å². The van der Waals surface area contributed by atoms with Gasteiger partial charge in [-0.1, -0.05) is 95.2 Å². The third kappa shape index (κ3) is 7.79. The van der Waals surface area contributed by atoms with E-state index in [2.05, 4.69) is 119 Å². The molecule has 0 N–H and O–H groups in total. The Labute approximate surface area is 203 Å². The Hall–Kier alpha value is -0.510. The summed E-state index contributed by atoms with van der Waals surface area (Å²) in [5, 5.41) is 0. The van der Waals surface area contributed by atoms with Gasteiger partial charge in [-0.3, -0.25) is 0 Å². The predicted molar refractivity (Wildman–Crippen MR) is 147 cm³/mol. The Bertz CT molecular complexity index is 758. The molecule has 0 aliphatic rings. The van der Waals surface area contributed by atoms with Gasteiger partial charge in [0, 0.05) is 9.79 Å². The molecule has 0 heterocycles. The van der Waals surface area contributed by atoms with E-state index in [1.54, 1.807) is 0 Å². The van der Waals surface area contributed by atoms with Gasteiger partial charge in [-0.25, -0.2) is 0 Å². The summed E-state index contributed by atoms with van der Waals surface area (Å²) in [7, 11) is 5.63. The summed E-state index contributed by atoms with van der Waals surface area (Å²) in [6, 6.07) is 14.3. The molecular formula is C28H42S3. The monoisotopic (exact) mass is 474 g/mol. The fourth-order valence-corrected chi connectivity index (χ4v) is 6.88. The maximum Gasteiger partial charge on any atom is 0.0197 e. The van der Waals surface area contributed by atoms with Gasteiger partial charge in [-0.05, 0) is 99.6 Å². The fraction of sp³-hybridized carbons (Fsp3) is 0.571. The van der Waals surface area contributed by atoms with Gasteiger partial charge in [0.15, 0.2) is 0 Å². The first-order valence-electron chi connectivity index (χ1n) is 11.2. The van der Waals surface area contributed by atoms with Crippen LogP contribution in [0.25, 0.3) is 0 Å². The molecule has 0 aliphatic heterocycles. The number of hydrogen-bond acceptors (Lipinski definition) is 3. The first-order chi connectivity index (χ1) is 13.9. The molecule has 0 spiro atoms. The minimum Gasteiger partial charge on any atom is -0.0561 e. The van der Waals surface area contributed by atoms with E-state index in [4.69, 9.17) is 0 Å². The zero-order valence-corrected chi connectivity index (χ0v) is 24.1. The van der Waals surface area contributed by atoms with Crippen molar-refractivity contribution >= 4 is 31.4 Å². The molecule has 2 rings (SSSR count). The minimum atomic E-state index is 0.150. The van der Waals surface area contributed by atoms with E-state index >= 15 is 0 Å². The lowest BCUT2D eigenvalue weighted by Crippen LogP contribution is -2.16. The van der Waals surface area contributed by atoms with E-state index in [1.807, 2.05) is 31.4 Å². The van der Waals surface area contributed by atoms with Crippen LogP contribution in [0.3, 0.4) is 0 Å². The van der Waals surface area contributed by atoms with Crippen LogP contribution in [0.1, 0.15) is 105 Å². The van der Waals surface area contributed by atoms with Crippen LogP contribution in [-0.4, -0.2) is 0 Å². The molecule has 0 nitrogen and oxygen atoms in total. The van der Waals surface area contributed by atoms with Gasteiger partial charge in [0.1, 0.15) is 0 Å². The molecule has 2 aromatic rings. The standard InChI is InChI=1S/C28H42S3/c1-25(2,3)19-13-20(26(4,5)6)16-23(15-19)29-31-30-24-17-21(27(7,8)9)14-22(18-24)28(10,11)12/h13-18H,1-12H3. The number of rotatable bonds is 4. The molecule has 0 aromatic heterocycles. The first kappa shape index (κ1) is 26.7. The van der Waals surface area contributed by atoms with Gasteiger partial charge < -0.3 is 0 Å².